The topological polar surface area (TPSA) is 157 Å². The molecule has 0 aliphatic heterocycles. The normalized spacial score (nSPS) is 12.2. The number of nitrogens with zero attached hydrogens (tertiary/aromatic N) is 2. The van der Waals surface area contributed by atoms with Crippen molar-refractivity contribution in [2.45, 2.75) is 55.2 Å². The number of halogens is 3. The largest absolute Gasteiger partial charge is 0.488 e. The first-order valence-electron chi connectivity index (χ1n) is 16.1. The Labute approximate surface area is 319 Å². The third-order valence-electron chi connectivity index (χ3n) is 7.82. The van der Waals surface area contributed by atoms with Crippen molar-refractivity contribution in [2.75, 3.05) is 26.4 Å². The van der Waals surface area contributed by atoms with E-state index in [0.29, 0.717) is 77.5 Å². The van der Waals surface area contributed by atoms with Crippen LogP contribution in [-0.4, -0.2) is 79.2 Å². The standard InChI is InChI=1S/C37H40AsCl3N3O7/c1-37(22-46,23-47)44-18-27-12-31(39)34(13-33(27)50-20-25-11-24(15-42)16-43-17-25)51-21-26-5-2-6-29(35(26)40)30-7-3-8-32(36(30)41)49-10-4-9-38-14-28(48)19-45/h2-3,5-8,11-13,16-17,28,44-48H,4,9-10,14,18-23H2,1H3/t28-/m1/s1. The molecule has 271 valence electrons. The van der Waals surface area contributed by atoms with Crippen molar-refractivity contribution < 1.29 is 34.6 Å². The van der Waals surface area contributed by atoms with Gasteiger partial charge in [0.05, 0.1) is 29.3 Å². The van der Waals surface area contributed by atoms with Gasteiger partial charge in [0, 0.05) is 36.1 Å². The first-order valence-corrected chi connectivity index (χ1v) is 19.9. The number of aliphatic hydroxyl groups excluding tert-OH is 4. The number of ether oxygens (including phenoxy) is 3. The minimum Gasteiger partial charge on any atom is -0.488 e. The second-order valence-corrected chi connectivity index (χ2v) is 15.8. The van der Waals surface area contributed by atoms with Crippen LogP contribution in [0.2, 0.25) is 25.5 Å². The molecule has 0 aliphatic carbocycles. The summed E-state index contributed by atoms with van der Waals surface area (Å²) in [7, 11) is 0. The molecule has 1 radical (unpaired) electrons. The molecule has 0 unspecified atom stereocenters. The predicted molar refractivity (Wildman–Crippen MR) is 199 cm³/mol. The number of hydrogen-bond donors (Lipinski definition) is 5. The minimum atomic E-state index is -0.937. The third kappa shape index (κ3) is 11.7. The molecule has 0 aliphatic rings. The monoisotopic (exact) mass is 818 g/mol. The van der Waals surface area contributed by atoms with Crippen molar-refractivity contribution in [3.63, 3.8) is 0 Å². The van der Waals surface area contributed by atoms with Gasteiger partial charge in [0.1, 0.15) is 24.2 Å². The molecule has 51 heavy (non-hydrogen) atoms. The smallest absolute Gasteiger partial charge is 0.128 e. The molecule has 3 aromatic carbocycles. The Hall–Kier alpha value is -3.07. The van der Waals surface area contributed by atoms with Gasteiger partial charge in [-0.2, -0.15) is 5.26 Å². The molecule has 0 saturated heterocycles. The summed E-state index contributed by atoms with van der Waals surface area (Å²) < 4.78 is 18.3. The molecule has 0 bridgehead atoms. The maximum Gasteiger partial charge on any atom is 0.128 e. The van der Waals surface area contributed by atoms with Crippen LogP contribution in [0.1, 0.15) is 35.6 Å². The van der Waals surface area contributed by atoms with E-state index in [1.165, 1.54) is 6.20 Å². The van der Waals surface area contributed by atoms with E-state index in [9.17, 15) is 20.6 Å². The first-order chi connectivity index (χ1) is 24.6. The van der Waals surface area contributed by atoms with E-state index >= 15 is 0 Å². The summed E-state index contributed by atoms with van der Waals surface area (Å²) >= 11 is 20.4. The van der Waals surface area contributed by atoms with Gasteiger partial charge in [-0.05, 0) is 19.1 Å². The van der Waals surface area contributed by atoms with E-state index in [4.69, 9.17) is 54.1 Å². The number of aromatic nitrogens is 1. The van der Waals surface area contributed by atoms with Crippen LogP contribution in [0.4, 0.5) is 0 Å². The molecule has 1 aromatic heterocycles. The summed E-state index contributed by atoms with van der Waals surface area (Å²) in [6.07, 6.45) is 3.25. The summed E-state index contributed by atoms with van der Waals surface area (Å²) in [5.74, 6) is 1.32. The van der Waals surface area contributed by atoms with Gasteiger partial charge in [0.15, 0.2) is 0 Å². The number of nitriles is 1. The fraction of sp³-hybridized carbons (Fsp3) is 0.351. The van der Waals surface area contributed by atoms with Gasteiger partial charge in [-0.3, -0.25) is 4.98 Å². The van der Waals surface area contributed by atoms with Gasteiger partial charge < -0.3 is 20.3 Å². The Balaban J connectivity index is 1.50. The summed E-state index contributed by atoms with van der Waals surface area (Å²) in [5.41, 5.74) is 2.91. The van der Waals surface area contributed by atoms with E-state index in [1.54, 1.807) is 31.3 Å². The van der Waals surface area contributed by atoms with E-state index in [2.05, 4.69) is 16.4 Å². The van der Waals surface area contributed by atoms with Crippen molar-refractivity contribution >= 4 is 50.6 Å². The fourth-order valence-electron chi connectivity index (χ4n) is 4.76. The van der Waals surface area contributed by atoms with Gasteiger partial charge >= 0.3 is 170 Å². The fourth-order valence-corrected chi connectivity index (χ4v) is 7.56. The molecule has 0 saturated carbocycles. The van der Waals surface area contributed by atoms with Crippen LogP contribution in [-0.2, 0) is 19.8 Å². The summed E-state index contributed by atoms with van der Waals surface area (Å²) in [5, 5.41) is 53.2. The van der Waals surface area contributed by atoms with E-state index in [1.807, 2.05) is 36.4 Å². The molecule has 1 atom stereocenters. The average molecular weight is 820 g/mol. The number of rotatable bonds is 20. The molecular weight excluding hydrogens is 780 g/mol. The van der Waals surface area contributed by atoms with Gasteiger partial charge in [-0.25, -0.2) is 0 Å². The van der Waals surface area contributed by atoms with Crippen molar-refractivity contribution in [1.29, 1.82) is 5.26 Å². The van der Waals surface area contributed by atoms with Crippen molar-refractivity contribution in [1.82, 2.24) is 10.3 Å². The van der Waals surface area contributed by atoms with E-state index < -0.39 is 11.6 Å². The average Bonchev–Trinajstić information content (AvgIpc) is 3.15. The number of nitrogens with one attached hydrogen (secondary N) is 1. The third-order valence-corrected chi connectivity index (χ3v) is 11.7. The SMILES string of the molecule is CC(CO)(CO)NCc1cc(Cl)c(OCc2cccc(-c3cccc(OCCC[As]C[C@@H](O)CO)c3Cl)c2Cl)cc1OCc1cncc(C#N)c1. The zero-order valence-corrected chi connectivity index (χ0v) is 32.1. The number of aliphatic hydroxyl groups is 4. The van der Waals surface area contributed by atoms with Crippen LogP contribution in [0.3, 0.4) is 0 Å². The second kappa shape index (κ2) is 20.2. The first kappa shape index (κ1) is 40.7. The molecule has 4 aromatic rings. The van der Waals surface area contributed by atoms with Gasteiger partial charge in [-0.15, -0.1) is 0 Å². The van der Waals surface area contributed by atoms with Crippen LogP contribution in [0.25, 0.3) is 11.1 Å². The molecule has 0 spiro atoms. The molecule has 0 fully saturated rings. The summed E-state index contributed by atoms with van der Waals surface area (Å²) in [6, 6.07) is 18.2. The van der Waals surface area contributed by atoms with Crippen LogP contribution in [0.5, 0.6) is 17.2 Å². The maximum absolute atomic E-state index is 9.77. The Morgan fingerprint density at radius 3 is 2.33 bits per heavy atom. The van der Waals surface area contributed by atoms with Gasteiger partial charge in [0.25, 0.3) is 0 Å². The second-order valence-electron chi connectivity index (χ2n) is 12.0. The predicted octanol–water partition coefficient (Wildman–Crippen LogP) is 6.23. The zero-order chi connectivity index (χ0) is 36.8. The summed E-state index contributed by atoms with van der Waals surface area (Å²) in [6.45, 7) is 1.79. The molecule has 4 rings (SSSR count). The Morgan fingerprint density at radius 2 is 1.61 bits per heavy atom. The maximum atomic E-state index is 9.77. The number of pyridine rings is 1. The number of benzene rings is 3. The zero-order valence-electron chi connectivity index (χ0n) is 28.0. The van der Waals surface area contributed by atoms with Crippen molar-refractivity contribution in [3.05, 3.63) is 104 Å². The van der Waals surface area contributed by atoms with Crippen LogP contribution >= 0.6 is 34.8 Å². The molecule has 0 amide bonds. The van der Waals surface area contributed by atoms with Crippen LogP contribution in [0, 0.1) is 11.3 Å². The summed E-state index contributed by atoms with van der Waals surface area (Å²) in [4.78, 5) is 4.10. The van der Waals surface area contributed by atoms with Crippen LogP contribution in [0.15, 0.2) is 67.0 Å². The van der Waals surface area contributed by atoms with Gasteiger partial charge in [-0.1, -0.05) is 11.6 Å². The van der Waals surface area contributed by atoms with E-state index in [-0.39, 0.29) is 55.3 Å². The van der Waals surface area contributed by atoms with Crippen molar-refractivity contribution in [3.8, 4) is 34.4 Å². The van der Waals surface area contributed by atoms with E-state index in [0.717, 1.165) is 11.6 Å². The van der Waals surface area contributed by atoms with Crippen molar-refractivity contribution in [2.24, 2.45) is 0 Å². The molecular formula is C37H40AsCl3N3O7. The number of hydrogen-bond acceptors (Lipinski definition) is 10. The minimum absolute atomic E-state index is 0.0642. The Bertz CT molecular complexity index is 1790. The Kier molecular flexibility index (Phi) is 16.2. The van der Waals surface area contributed by atoms with Crippen LogP contribution < -0.4 is 19.5 Å². The molecule has 5 N–H and O–H groups in total. The quantitative estimate of drug-likeness (QED) is 0.0512. The van der Waals surface area contributed by atoms with Gasteiger partial charge in [0.2, 0.25) is 0 Å². The molecule has 10 nitrogen and oxygen atoms in total. The molecule has 1 heterocycles. The molecule has 14 heteroatoms. The Morgan fingerprint density at radius 1 is 0.882 bits per heavy atom.